The van der Waals surface area contributed by atoms with Gasteiger partial charge in [-0.25, -0.2) is 4.98 Å². The monoisotopic (exact) mass is 385 g/mol. The molecule has 0 spiro atoms. The lowest BCUT2D eigenvalue weighted by Gasteiger charge is -2.29. The van der Waals surface area contributed by atoms with Gasteiger partial charge in [-0.1, -0.05) is 54.8 Å². The third-order valence-electron chi connectivity index (χ3n) is 4.98. The van der Waals surface area contributed by atoms with E-state index in [1.54, 1.807) is 24.0 Å². The summed E-state index contributed by atoms with van der Waals surface area (Å²) in [7, 11) is 0. The summed E-state index contributed by atoms with van der Waals surface area (Å²) in [5.74, 6) is -0.356. The van der Waals surface area contributed by atoms with Crippen molar-refractivity contribution in [3.8, 4) is 0 Å². The Morgan fingerprint density at radius 3 is 2.52 bits per heavy atom. The Kier molecular flexibility index (Phi) is 6.45. The van der Waals surface area contributed by atoms with Crippen LogP contribution >= 0.6 is 11.6 Å². The molecule has 1 saturated carbocycles. The SMILES string of the molecule is C[C@H](C(=O)NC1CCCC1)N(Cc1ccccc1)C(=O)c1ccc(Cl)nc1. The van der Waals surface area contributed by atoms with Gasteiger partial charge in [0.1, 0.15) is 11.2 Å². The number of carbonyl (C=O) groups is 2. The van der Waals surface area contributed by atoms with Crippen LogP contribution in [0, 0.1) is 0 Å². The molecule has 0 unspecified atom stereocenters. The van der Waals surface area contributed by atoms with Crippen LogP contribution < -0.4 is 5.32 Å². The molecule has 1 N–H and O–H groups in total. The molecule has 1 aliphatic carbocycles. The van der Waals surface area contributed by atoms with Gasteiger partial charge in [0.25, 0.3) is 5.91 Å². The molecule has 6 heteroatoms. The molecule has 1 aliphatic rings. The van der Waals surface area contributed by atoms with E-state index in [0.717, 1.165) is 31.2 Å². The van der Waals surface area contributed by atoms with E-state index in [9.17, 15) is 9.59 Å². The average molecular weight is 386 g/mol. The van der Waals surface area contributed by atoms with Gasteiger partial charge in [-0.2, -0.15) is 0 Å². The second-order valence-electron chi connectivity index (χ2n) is 6.95. The molecule has 0 radical (unpaired) electrons. The van der Waals surface area contributed by atoms with Crippen molar-refractivity contribution in [2.75, 3.05) is 0 Å². The number of nitrogens with one attached hydrogen (secondary N) is 1. The van der Waals surface area contributed by atoms with Gasteiger partial charge in [-0.15, -0.1) is 0 Å². The third kappa shape index (κ3) is 5.07. The van der Waals surface area contributed by atoms with E-state index in [1.165, 1.54) is 6.20 Å². The van der Waals surface area contributed by atoms with Gasteiger partial charge in [0.15, 0.2) is 0 Å². The Morgan fingerprint density at radius 2 is 1.89 bits per heavy atom. The Morgan fingerprint density at radius 1 is 1.19 bits per heavy atom. The highest BCUT2D eigenvalue weighted by Crippen LogP contribution is 2.19. The summed E-state index contributed by atoms with van der Waals surface area (Å²) in [5, 5.41) is 3.42. The minimum atomic E-state index is -0.589. The first-order valence-corrected chi connectivity index (χ1v) is 9.69. The highest BCUT2D eigenvalue weighted by molar-refractivity contribution is 6.29. The third-order valence-corrected chi connectivity index (χ3v) is 5.20. The van der Waals surface area contributed by atoms with Crippen molar-refractivity contribution >= 4 is 23.4 Å². The van der Waals surface area contributed by atoms with Gasteiger partial charge in [-0.05, 0) is 37.5 Å². The Labute approximate surface area is 164 Å². The van der Waals surface area contributed by atoms with Gasteiger partial charge >= 0.3 is 0 Å². The normalized spacial score (nSPS) is 15.3. The number of pyridine rings is 1. The molecule has 0 saturated heterocycles. The summed E-state index contributed by atoms with van der Waals surface area (Å²) in [6.07, 6.45) is 5.74. The molecule has 0 bridgehead atoms. The smallest absolute Gasteiger partial charge is 0.256 e. The van der Waals surface area contributed by atoms with Crippen molar-refractivity contribution < 1.29 is 9.59 Å². The first-order chi connectivity index (χ1) is 13.0. The van der Waals surface area contributed by atoms with Gasteiger partial charge in [0.05, 0.1) is 5.56 Å². The van der Waals surface area contributed by atoms with Gasteiger partial charge < -0.3 is 10.2 Å². The average Bonchev–Trinajstić information content (AvgIpc) is 3.19. The minimum absolute atomic E-state index is 0.117. The zero-order valence-corrected chi connectivity index (χ0v) is 16.2. The first-order valence-electron chi connectivity index (χ1n) is 9.31. The molecule has 3 rings (SSSR count). The van der Waals surface area contributed by atoms with Crippen LogP contribution in [0.1, 0.15) is 48.5 Å². The number of halogens is 1. The van der Waals surface area contributed by atoms with Crippen LogP contribution in [0.5, 0.6) is 0 Å². The van der Waals surface area contributed by atoms with Crippen LogP contribution in [0.2, 0.25) is 5.15 Å². The summed E-state index contributed by atoms with van der Waals surface area (Å²) in [6, 6.07) is 12.5. The maximum atomic E-state index is 13.1. The lowest BCUT2D eigenvalue weighted by Crippen LogP contribution is -2.49. The van der Waals surface area contributed by atoms with Gasteiger partial charge in [0.2, 0.25) is 5.91 Å². The molecule has 27 heavy (non-hydrogen) atoms. The van der Waals surface area contributed by atoms with Crippen molar-refractivity contribution in [2.45, 2.75) is 51.2 Å². The highest BCUT2D eigenvalue weighted by atomic mass is 35.5. The standard InChI is InChI=1S/C21H24ClN3O2/c1-15(20(26)24-18-9-5-6-10-18)25(14-16-7-3-2-4-8-16)21(27)17-11-12-19(22)23-13-17/h2-4,7-8,11-13,15,18H,5-6,9-10,14H2,1H3,(H,24,26)/t15-/m1/s1. The number of benzene rings is 1. The Hall–Kier alpha value is -2.40. The number of hydrogen-bond acceptors (Lipinski definition) is 3. The number of rotatable bonds is 6. The second kappa shape index (κ2) is 9.00. The van der Waals surface area contributed by atoms with Crippen LogP contribution in [0.25, 0.3) is 0 Å². The lowest BCUT2D eigenvalue weighted by atomic mass is 10.1. The highest BCUT2D eigenvalue weighted by Gasteiger charge is 2.29. The van der Waals surface area contributed by atoms with Crippen molar-refractivity contribution in [3.05, 3.63) is 64.9 Å². The van der Waals surface area contributed by atoms with Crippen molar-refractivity contribution in [1.82, 2.24) is 15.2 Å². The number of aromatic nitrogens is 1. The van der Waals surface area contributed by atoms with E-state index < -0.39 is 6.04 Å². The first kappa shape index (κ1) is 19.4. The number of carbonyl (C=O) groups excluding carboxylic acids is 2. The fourth-order valence-corrected chi connectivity index (χ4v) is 3.48. The molecule has 1 fully saturated rings. The minimum Gasteiger partial charge on any atom is -0.352 e. The molecular formula is C21H24ClN3O2. The van der Waals surface area contributed by atoms with Crippen LogP contribution in [0.4, 0.5) is 0 Å². The largest absolute Gasteiger partial charge is 0.352 e. The van der Waals surface area contributed by atoms with Crippen molar-refractivity contribution in [3.63, 3.8) is 0 Å². The number of amides is 2. The summed E-state index contributed by atoms with van der Waals surface area (Å²) in [6.45, 7) is 2.12. The lowest BCUT2D eigenvalue weighted by molar-refractivity contribution is -0.126. The van der Waals surface area contributed by atoms with Crippen LogP contribution in [-0.4, -0.2) is 33.8 Å². The summed E-state index contributed by atoms with van der Waals surface area (Å²) >= 11 is 5.83. The molecular weight excluding hydrogens is 362 g/mol. The number of nitrogens with zero attached hydrogens (tertiary/aromatic N) is 2. The van der Waals surface area contributed by atoms with Gasteiger partial charge in [-0.3, -0.25) is 9.59 Å². The maximum absolute atomic E-state index is 13.1. The molecule has 2 aromatic rings. The zero-order chi connectivity index (χ0) is 19.2. The predicted octanol–water partition coefficient (Wildman–Crippen LogP) is 3.82. The second-order valence-corrected chi connectivity index (χ2v) is 7.34. The molecule has 1 heterocycles. The van der Waals surface area contributed by atoms with E-state index in [1.807, 2.05) is 30.3 Å². The summed E-state index contributed by atoms with van der Waals surface area (Å²) in [4.78, 5) is 31.5. The summed E-state index contributed by atoms with van der Waals surface area (Å²) < 4.78 is 0. The molecule has 1 aromatic heterocycles. The molecule has 5 nitrogen and oxygen atoms in total. The van der Waals surface area contributed by atoms with Crippen LogP contribution in [-0.2, 0) is 11.3 Å². The van der Waals surface area contributed by atoms with Crippen molar-refractivity contribution in [1.29, 1.82) is 0 Å². The Bertz CT molecular complexity index is 774. The molecule has 142 valence electrons. The van der Waals surface area contributed by atoms with Crippen LogP contribution in [0.15, 0.2) is 48.7 Å². The van der Waals surface area contributed by atoms with E-state index in [0.29, 0.717) is 17.3 Å². The molecule has 2 amide bonds. The van der Waals surface area contributed by atoms with E-state index in [-0.39, 0.29) is 17.9 Å². The van der Waals surface area contributed by atoms with Gasteiger partial charge in [0, 0.05) is 18.8 Å². The molecule has 1 aromatic carbocycles. The van der Waals surface area contributed by atoms with E-state index in [2.05, 4.69) is 10.3 Å². The maximum Gasteiger partial charge on any atom is 0.256 e. The molecule has 0 aliphatic heterocycles. The summed E-state index contributed by atoms with van der Waals surface area (Å²) in [5.41, 5.74) is 1.38. The number of hydrogen-bond donors (Lipinski definition) is 1. The Balaban J connectivity index is 1.80. The fraction of sp³-hybridized carbons (Fsp3) is 0.381. The topological polar surface area (TPSA) is 62.3 Å². The quantitative estimate of drug-likeness (QED) is 0.769. The zero-order valence-electron chi connectivity index (χ0n) is 15.4. The fourth-order valence-electron chi connectivity index (χ4n) is 3.37. The van der Waals surface area contributed by atoms with E-state index >= 15 is 0 Å². The van der Waals surface area contributed by atoms with E-state index in [4.69, 9.17) is 11.6 Å². The van der Waals surface area contributed by atoms with Crippen molar-refractivity contribution in [2.24, 2.45) is 0 Å². The molecule has 1 atom stereocenters. The predicted molar refractivity (Wildman–Crippen MR) is 105 cm³/mol. The van der Waals surface area contributed by atoms with Crippen LogP contribution in [0.3, 0.4) is 0 Å².